The van der Waals surface area contributed by atoms with Crippen molar-refractivity contribution in [1.29, 1.82) is 0 Å². The molecular formula is C27H30ClFN4O4. The quantitative estimate of drug-likeness (QED) is 0.443. The second-order valence-electron chi connectivity index (χ2n) is 9.14. The van der Waals surface area contributed by atoms with Crippen molar-refractivity contribution >= 4 is 17.5 Å². The highest BCUT2D eigenvalue weighted by atomic mass is 35.5. The van der Waals surface area contributed by atoms with Crippen molar-refractivity contribution in [1.82, 2.24) is 19.4 Å². The Kier molecular flexibility index (Phi) is 8.56. The van der Waals surface area contributed by atoms with Gasteiger partial charge >= 0.3 is 0 Å². The van der Waals surface area contributed by atoms with Gasteiger partial charge in [-0.2, -0.15) is 4.98 Å². The van der Waals surface area contributed by atoms with E-state index in [0.717, 1.165) is 18.4 Å². The number of likely N-dealkylation sites (tertiary alicyclic amines) is 1. The Labute approximate surface area is 219 Å². The van der Waals surface area contributed by atoms with E-state index in [1.165, 1.54) is 21.7 Å². The summed E-state index contributed by atoms with van der Waals surface area (Å²) in [5, 5.41) is 11.6. The molecule has 10 heteroatoms. The molecule has 0 aliphatic carbocycles. The van der Waals surface area contributed by atoms with E-state index in [4.69, 9.17) is 16.3 Å². The summed E-state index contributed by atoms with van der Waals surface area (Å²) in [6.07, 6.45) is 3.90. The van der Waals surface area contributed by atoms with Crippen molar-refractivity contribution in [2.24, 2.45) is 0 Å². The van der Waals surface area contributed by atoms with Crippen molar-refractivity contribution in [2.75, 3.05) is 26.8 Å². The highest BCUT2D eigenvalue weighted by Gasteiger charge is 2.35. The lowest BCUT2D eigenvalue weighted by Crippen LogP contribution is -2.36. The van der Waals surface area contributed by atoms with Crippen LogP contribution in [0.5, 0.6) is 5.88 Å². The van der Waals surface area contributed by atoms with Crippen molar-refractivity contribution in [3.63, 3.8) is 0 Å². The first-order valence-corrected chi connectivity index (χ1v) is 12.7. The van der Waals surface area contributed by atoms with E-state index in [1.54, 1.807) is 7.11 Å². The van der Waals surface area contributed by atoms with Crippen LogP contribution in [0.3, 0.4) is 0 Å². The molecule has 1 aliphatic heterocycles. The molecular weight excluding hydrogens is 499 g/mol. The molecule has 3 heterocycles. The summed E-state index contributed by atoms with van der Waals surface area (Å²) in [6.45, 7) is 2.65. The number of aromatic hydroxyl groups is 1. The van der Waals surface area contributed by atoms with Gasteiger partial charge in [-0.05, 0) is 24.5 Å². The van der Waals surface area contributed by atoms with Crippen LogP contribution in [-0.4, -0.2) is 57.3 Å². The lowest BCUT2D eigenvalue weighted by Gasteiger charge is -2.26. The Hall–Kier alpha value is -3.30. The third-order valence-electron chi connectivity index (χ3n) is 6.66. The van der Waals surface area contributed by atoms with Gasteiger partial charge in [0.25, 0.3) is 11.5 Å². The number of benzene rings is 1. The SMILES string of the molecule is CCCCc1nc(=O)c(C(=O)N2CCC(c3ncc(Cl)cc3F)C2)c(O)n1[C@@H](COC)c1ccccc1. The van der Waals surface area contributed by atoms with Crippen LogP contribution in [0.1, 0.15) is 65.6 Å². The molecule has 1 unspecified atom stereocenters. The van der Waals surface area contributed by atoms with Gasteiger partial charge in [0.15, 0.2) is 5.56 Å². The molecule has 1 saturated heterocycles. The average Bonchev–Trinajstić information content (AvgIpc) is 3.37. The first-order chi connectivity index (χ1) is 17.8. The maximum absolute atomic E-state index is 14.4. The van der Waals surface area contributed by atoms with Crippen LogP contribution < -0.4 is 5.56 Å². The molecule has 1 amide bonds. The minimum absolute atomic E-state index is 0.154. The van der Waals surface area contributed by atoms with Crippen LogP contribution >= 0.6 is 11.6 Å². The van der Waals surface area contributed by atoms with Crippen molar-refractivity contribution in [2.45, 2.75) is 44.6 Å². The second-order valence-corrected chi connectivity index (χ2v) is 9.58. The standard InChI is InChI=1S/C27H30ClFN4O4/c1-3-4-10-22-31-25(34)23(27(36)33(22)21(16-37-2)17-8-6-5-7-9-17)26(35)32-12-11-18(15-32)24-20(29)13-19(28)14-30-24/h5-9,13-14,18,21,36H,3-4,10-12,15-16H2,1-2H3/t18?,21-/m0/s1. The smallest absolute Gasteiger partial charge is 0.289 e. The zero-order valence-corrected chi connectivity index (χ0v) is 21.6. The normalized spacial score (nSPS) is 16.2. The van der Waals surface area contributed by atoms with Gasteiger partial charge in [0.1, 0.15) is 11.6 Å². The minimum Gasteiger partial charge on any atom is -0.494 e. The summed E-state index contributed by atoms with van der Waals surface area (Å²) >= 11 is 5.82. The molecule has 196 valence electrons. The van der Waals surface area contributed by atoms with Crippen molar-refractivity contribution < 1.29 is 19.0 Å². The average molecular weight is 529 g/mol. The van der Waals surface area contributed by atoms with Gasteiger partial charge < -0.3 is 14.7 Å². The molecule has 0 bridgehead atoms. The van der Waals surface area contributed by atoms with E-state index < -0.39 is 34.8 Å². The van der Waals surface area contributed by atoms with Gasteiger partial charge in [-0.1, -0.05) is 55.3 Å². The van der Waals surface area contributed by atoms with Crippen LogP contribution in [0.2, 0.25) is 5.02 Å². The summed E-state index contributed by atoms with van der Waals surface area (Å²) < 4.78 is 21.4. The van der Waals surface area contributed by atoms with E-state index >= 15 is 0 Å². The predicted molar refractivity (Wildman–Crippen MR) is 138 cm³/mol. The van der Waals surface area contributed by atoms with Gasteiger partial charge in [-0.25, -0.2) is 4.39 Å². The first kappa shape index (κ1) is 26.8. The molecule has 8 nitrogen and oxygen atoms in total. The Balaban J connectivity index is 1.73. The maximum Gasteiger partial charge on any atom is 0.289 e. The fourth-order valence-electron chi connectivity index (χ4n) is 4.80. The lowest BCUT2D eigenvalue weighted by molar-refractivity contribution is 0.0781. The molecule has 0 spiro atoms. The molecule has 2 aromatic heterocycles. The summed E-state index contributed by atoms with van der Waals surface area (Å²) in [7, 11) is 1.55. The Bertz CT molecular complexity index is 1320. The van der Waals surface area contributed by atoms with Gasteiger partial charge in [0.05, 0.1) is 23.4 Å². The van der Waals surface area contributed by atoms with E-state index in [1.807, 2.05) is 37.3 Å². The van der Waals surface area contributed by atoms with Gasteiger partial charge in [-0.3, -0.25) is 19.1 Å². The fraction of sp³-hybridized carbons (Fsp3) is 0.407. The van der Waals surface area contributed by atoms with E-state index in [9.17, 15) is 19.1 Å². The number of halogens is 2. The van der Waals surface area contributed by atoms with E-state index in [-0.39, 0.29) is 36.3 Å². The fourth-order valence-corrected chi connectivity index (χ4v) is 4.94. The largest absolute Gasteiger partial charge is 0.494 e. The number of unbranched alkanes of at least 4 members (excludes halogenated alkanes) is 1. The topological polar surface area (TPSA) is 97.5 Å². The van der Waals surface area contributed by atoms with Crippen LogP contribution in [0, 0.1) is 5.82 Å². The Morgan fingerprint density at radius 3 is 2.76 bits per heavy atom. The Morgan fingerprint density at radius 1 is 1.32 bits per heavy atom. The van der Waals surface area contributed by atoms with Crippen LogP contribution in [0.25, 0.3) is 0 Å². The number of carbonyl (C=O) groups is 1. The number of ether oxygens (including phenoxy) is 1. The maximum atomic E-state index is 14.4. The van der Waals surface area contributed by atoms with E-state index in [2.05, 4.69) is 9.97 Å². The minimum atomic E-state index is -0.784. The molecule has 4 rings (SSSR count). The number of nitrogens with zero attached hydrogens (tertiary/aromatic N) is 4. The van der Waals surface area contributed by atoms with Gasteiger partial charge in [0.2, 0.25) is 5.88 Å². The second kappa shape index (κ2) is 11.8. The van der Waals surface area contributed by atoms with Gasteiger partial charge in [-0.15, -0.1) is 0 Å². The lowest BCUT2D eigenvalue weighted by atomic mass is 10.0. The molecule has 3 aromatic rings. The summed E-state index contributed by atoms with van der Waals surface area (Å²) in [4.78, 5) is 36.4. The zero-order chi connectivity index (χ0) is 26.5. The summed E-state index contributed by atoms with van der Waals surface area (Å²) in [5.74, 6) is -1.59. The number of hydrogen-bond acceptors (Lipinski definition) is 6. The third-order valence-corrected chi connectivity index (χ3v) is 6.87. The van der Waals surface area contributed by atoms with Crippen LogP contribution in [-0.2, 0) is 11.2 Å². The first-order valence-electron chi connectivity index (χ1n) is 12.3. The number of hydrogen-bond donors (Lipinski definition) is 1. The summed E-state index contributed by atoms with van der Waals surface area (Å²) in [5.41, 5.74) is -0.124. The molecule has 1 N–H and O–H groups in total. The molecule has 1 fully saturated rings. The zero-order valence-electron chi connectivity index (χ0n) is 20.9. The number of aryl methyl sites for hydroxylation is 1. The number of rotatable bonds is 9. The van der Waals surface area contributed by atoms with E-state index in [0.29, 0.717) is 18.7 Å². The molecule has 1 aliphatic rings. The van der Waals surface area contributed by atoms with Crippen molar-refractivity contribution in [3.8, 4) is 5.88 Å². The highest BCUT2D eigenvalue weighted by Crippen LogP contribution is 2.32. The molecule has 0 radical (unpaired) electrons. The van der Waals surface area contributed by atoms with Gasteiger partial charge in [0, 0.05) is 38.7 Å². The third kappa shape index (κ3) is 5.67. The van der Waals surface area contributed by atoms with Crippen LogP contribution in [0.4, 0.5) is 4.39 Å². The number of carbonyl (C=O) groups excluding carboxylic acids is 1. The Morgan fingerprint density at radius 2 is 2.08 bits per heavy atom. The highest BCUT2D eigenvalue weighted by molar-refractivity contribution is 6.30. The molecule has 1 aromatic carbocycles. The number of aromatic nitrogens is 3. The number of pyridine rings is 1. The molecule has 37 heavy (non-hydrogen) atoms. The van der Waals surface area contributed by atoms with Crippen molar-refractivity contribution in [3.05, 3.63) is 86.4 Å². The summed E-state index contributed by atoms with van der Waals surface area (Å²) in [6, 6.07) is 10.1. The van der Waals surface area contributed by atoms with Crippen LogP contribution in [0.15, 0.2) is 47.4 Å². The predicted octanol–water partition coefficient (Wildman–Crippen LogP) is 4.34. The number of methoxy groups -OCH3 is 1. The number of amides is 1. The molecule has 0 saturated carbocycles. The molecule has 2 atom stereocenters. The monoisotopic (exact) mass is 528 g/mol.